The molecule has 37 heavy (non-hydrogen) atoms. The Bertz CT molecular complexity index is 1140. The predicted molar refractivity (Wildman–Crippen MR) is 131 cm³/mol. The summed E-state index contributed by atoms with van der Waals surface area (Å²) in [4.78, 5) is 40.6. The summed E-state index contributed by atoms with van der Waals surface area (Å²) >= 11 is 7.01. The van der Waals surface area contributed by atoms with E-state index in [0.29, 0.717) is 33.7 Å². The summed E-state index contributed by atoms with van der Waals surface area (Å²) in [5.41, 5.74) is 0.897. The van der Waals surface area contributed by atoms with Crippen LogP contribution in [-0.2, 0) is 19.0 Å². The van der Waals surface area contributed by atoms with E-state index in [1.807, 2.05) is 0 Å². The molecule has 1 aromatic heterocycles. The molecule has 2 aliphatic heterocycles. The highest BCUT2D eigenvalue weighted by Crippen LogP contribution is 2.35. The van der Waals surface area contributed by atoms with Crippen molar-refractivity contribution in [1.29, 1.82) is 0 Å². The van der Waals surface area contributed by atoms with Gasteiger partial charge in [-0.3, -0.25) is 14.5 Å². The highest BCUT2D eigenvalue weighted by atomic mass is 35.5. The van der Waals surface area contributed by atoms with E-state index in [9.17, 15) is 23.2 Å². The number of cyclic esters (lactones) is 1. The van der Waals surface area contributed by atoms with Crippen molar-refractivity contribution >= 4 is 52.2 Å². The van der Waals surface area contributed by atoms with E-state index in [1.165, 1.54) is 9.80 Å². The van der Waals surface area contributed by atoms with Gasteiger partial charge in [-0.15, -0.1) is 11.3 Å². The van der Waals surface area contributed by atoms with Gasteiger partial charge in [0.15, 0.2) is 0 Å². The Morgan fingerprint density at radius 1 is 1.22 bits per heavy atom. The molecule has 200 valence electrons. The van der Waals surface area contributed by atoms with Crippen molar-refractivity contribution in [2.24, 2.45) is 0 Å². The van der Waals surface area contributed by atoms with Crippen molar-refractivity contribution in [2.75, 3.05) is 62.5 Å². The molecule has 0 bridgehead atoms. The number of morpholine rings is 1. The second-order valence-corrected chi connectivity index (χ2v) is 9.71. The maximum Gasteiger partial charge on any atom is 0.414 e. The number of amides is 3. The molecule has 1 N–H and O–H groups in total. The topological polar surface area (TPSA) is 107 Å². The minimum Gasteiger partial charge on any atom is -0.489 e. The maximum atomic E-state index is 12.7. The van der Waals surface area contributed by atoms with Crippen LogP contribution >= 0.6 is 22.9 Å². The second-order valence-electron chi connectivity index (χ2n) is 7.99. The Balaban J connectivity index is 1.45. The number of halogens is 3. The number of carbonyl (C=O) groups excluding carboxylic acids is 3. The van der Waals surface area contributed by atoms with E-state index in [0.717, 1.165) is 11.3 Å². The first-order valence-electron chi connectivity index (χ1n) is 11.3. The number of ether oxygens (including phenoxy) is 4. The molecule has 4 rings (SSSR count). The summed E-state index contributed by atoms with van der Waals surface area (Å²) in [6.45, 7) is -0.0207. The molecule has 2 aromatic rings. The average molecular weight is 560 g/mol. The number of carbonyl (C=O) groups is 3. The Morgan fingerprint density at radius 3 is 2.78 bits per heavy atom. The van der Waals surface area contributed by atoms with Crippen LogP contribution in [0.1, 0.15) is 9.67 Å². The summed E-state index contributed by atoms with van der Waals surface area (Å²) in [7, 11) is 0. The fourth-order valence-electron chi connectivity index (χ4n) is 3.74. The van der Waals surface area contributed by atoms with Crippen LogP contribution in [0.25, 0.3) is 0 Å². The quantitative estimate of drug-likeness (QED) is 0.421. The summed E-state index contributed by atoms with van der Waals surface area (Å²) < 4.78 is 46.4. The summed E-state index contributed by atoms with van der Waals surface area (Å²) in [6.07, 6.45) is -3.87. The molecule has 0 unspecified atom stereocenters. The molecule has 14 heteroatoms. The molecule has 2 fully saturated rings. The third kappa shape index (κ3) is 7.06. The van der Waals surface area contributed by atoms with Crippen LogP contribution in [0.15, 0.2) is 30.3 Å². The third-order valence-electron chi connectivity index (χ3n) is 5.42. The summed E-state index contributed by atoms with van der Waals surface area (Å²) in [6, 6.07) is 8.09. The smallest absolute Gasteiger partial charge is 0.414 e. The van der Waals surface area contributed by atoms with Crippen molar-refractivity contribution in [3.8, 4) is 5.75 Å². The lowest BCUT2D eigenvalue weighted by Crippen LogP contribution is -2.41. The Morgan fingerprint density at radius 2 is 2.05 bits per heavy atom. The standard InChI is InChI=1S/C23H24ClF2N3O7S/c24-19-4-3-18(37-19)22(31)27-10-15-11-29(23(32)36-15)16-2-1-14(28-5-6-33-13-21(28)30)9-17(16)35-8-7-34-12-20(25)26/h1-4,9,15,20H,5-8,10-13H2,(H,27,31)/t15-/m0/s1. The maximum absolute atomic E-state index is 12.7. The Labute approximate surface area is 220 Å². The van der Waals surface area contributed by atoms with Crippen LogP contribution in [0.2, 0.25) is 4.34 Å². The fraction of sp³-hybridized carbons (Fsp3) is 0.435. The van der Waals surface area contributed by atoms with Gasteiger partial charge >= 0.3 is 6.09 Å². The first-order valence-corrected chi connectivity index (χ1v) is 12.5. The van der Waals surface area contributed by atoms with E-state index in [1.54, 1.807) is 30.3 Å². The van der Waals surface area contributed by atoms with Gasteiger partial charge in [0.1, 0.15) is 31.7 Å². The Kier molecular flexibility index (Phi) is 9.14. The number of nitrogens with one attached hydrogen (secondary N) is 1. The number of benzene rings is 1. The Hall–Kier alpha value is -3.00. The lowest BCUT2D eigenvalue weighted by molar-refractivity contribution is -0.125. The first-order chi connectivity index (χ1) is 17.8. The lowest BCUT2D eigenvalue weighted by atomic mass is 10.2. The highest BCUT2D eigenvalue weighted by molar-refractivity contribution is 7.18. The summed E-state index contributed by atoms with van der Waals surface area (Å²) in [5, 5.41) is 2.72. The largest absolute Gasteiger partial charge is 0.489 e. The van der Waals surface area contributed by atoms with Crippen molar-refractivity contribution in [1.82, 2.24) is 5.32 Å². The molecule has 1 atom stereocenters. The number of thiophene rings is 1. The molecule has 2 aliphatic rings. The molecule has 3 heterocycles. The van der Waals surface area contributed by atoms with E-state index >= 15 is 0 Å². The molecular formula is C23H24ClF2N3O7S. The molecular weight excluding hydrogens is 536 g/mol. The van der Waals surface area contributed by atoms with Gasteiger partial charge in [-0.1, -0.05) is 11.6 Å². The normalized spacial score (nSPS) is 17.9. The fourth-order valence-corrected chi connectivity index (χ4v) is 4.70. The monoisotopic (exact) mass is 559 g/mol. The zero-order valence-corrected chi connectivity index (χ0v) is 21.1. The molecule has 10 nitrogen and oxygen atoms in total. The van der Waals surface area contributed by atoms with E-state index < -0.39 is 25.2 Å². The van der Waals surface area contributed by atoms with Crippen molar-refractivity contribution in [3.63, 3.8) is 0 Å². The van der Waals surface area contributed by atoms with Gasteiger partial charge in [-0.05, 0) is 24.3 Å². The molecule has 3 amide bonds. The lowest BCUT2D eigenvalue weighted by Gasteiger charge is -2.28. The number of alkyl halides is 2. The number of anilines is 2. The van der Waals surface area contributed by atoms with Crippen LogP contribution in [0.3, 0.4) is 0 Å². The molecule has 2 saturated heterocycles. The highest BCUT2D eigenvalue weighted by Gasteiger charge is 2.35. The van der Waals surface area contributed by atoms with Crippen LogP contribution in [-0.4, -0.2) is 83.1 Å². The van der Waals surface area contributed by atoms with E-state index in [4.69, 9.17) is 30.5 Å². The number of hydrogen-bond acceptors (Lipinski definition) is 8. The van der Waals surface area contributed by atoms with Crippen molar-refractivity contribution in [3.05, 3.63) is 39.5 Å². The first kappa shape index (κ1) is 27.0. The van der Waals surface area contributed by atoms with Gasteiger partial charge < -0.3 is 29.2 Å². The second kappa shape index (κ2) is 12.5. The van der Waals surface area contributed by atoms with Crippen LogP contribution in [0.5, 0.6) is 5.75 Å². The molecule has 0 saturated carbocycles. The van der Waals surface area contributed by atoms with Crippen molar-refractivity contribution in [2.45, 2.75) is 12.5 Å². The van der Waals surface area contributed by atoms with Gasteiger partial charge in [-0.25, -0.2) is 13.6 Å². The average Bonchev–Trinajstić information content (AvgIpc) is 3.47. The minimum atomic E-state index is -2.60. The zero-order valence-electron chi connectivity index (χ0n) is 19.5. The third-order valence-corrected chi connectivity index (χ3v) is 6.65. The SMILES string of the molecule is O=C(NC[C@H]1CN(c2ccc(N3CCOCC3=O)cc2OCCOCC(F)F)C(=O)O1)c1ccc(Cl)s1. The van der Waals surface area contributed by atoms with Crippen LogP contribution < -0.4 is 19.9 Å². The molecule has 0 spiro atoms. The number of rotatable bonds is 11. The number of hydrogen-bond donors (Lipinski definition) is 1. The minimum absolute atomic E-state index is 0.0526. The number of nitrogens with zero attached hydrogens (tertiary/aromatic N) is 2. The van der Waals surface area contributed by atoms with Gasteiger partial charge in [-0.2, -0.15) is 0 Å². The van der Waals surface area contributed by atoms with Gasteiger partial charge in [0.05, 0.1) is 41.2 Å². The van der Waals surface area contributed by atoms with E-state index in [2.05, 4.69) is 5.32 Å². The zero-order chi connectivity index (χ0) is 26.4. The summed E-state index contributed by atoms with van der Waals surface area (Å²) in [5.74, 6) is -0.320. The van der Waals surface area contributed by atoms with Gasteiger partial charge in [0.25, 0.3) is 18.2 Å². The van der Waals surface area contributed by atoms with Gasteiger partial charge in [0, 0.05) is 18.3 Å². The molecule has 1 aromatic carbocycles. The molecule has 0 radical (unpaired) electrons. The predicted octanol–water partition coefficient (Wildman–Crippen LogP) is 3.18. The van der Waals surface area contributed by atoms with Crippen LogP contribution in [0, 0.1) is 0 Å². The molecule has 0 aliphatic carbocycles. The van der Waals surface area contributed by atoms with Crippen LogP contribution in [0.4, 0.5) is 25.0 Å². The van der Waals surface area contributed by atoms with Crippen molar-refractivity contribution < 1.29 is 42.1 Å². The van der Waals surface area contributed by atoms with E-state index in [-0.39, 0.29) is 50.5 Å². The van der Waals surface area contributed by atoms with Gasteiger partial charge in [0.2, 0.25) is 0 Å².